The second kappa shape index (κ2) is 6.19. The Labute approximate surface area is 122 Å². The molecule has 1 heterocycles. The number of hydrogen-bond acceptors (Lipinski definition) is 4. The van der Waals surface area contributed by atoms with Crippen molar-refractivity contribution in [2.75, 3.05) is 13.7 Å². The third kappa shape index (κ3) is 3.36. The van der Waals surface area contributed by atoms with Crippen LogP contribution in [0.15, 0.2) is 12.3 Å². The molecule has 4 nitrogen and oxygen atoms in total. The summed E-state index contributed by atoms with van der Waals surface area (Å²) in [5.74, 6) is 0.864. The molecule has 0 spiro atoms. The predicted octanol–water partition coefficient (Wildman–Crippen LogP) is 3.03. The molecule has 112 valence electrons. The molecule has 0 aromatic carbocycles. The summed E-state index contributed by atoms with van der Waals surface area (Å²) < 4.78 is 6.14. The van der Waals surface area contributed by atoms with Gasteiger partial charge in [0.2, 0.25) is 0 Å². The molecular weight excluding hydrogens is 250 g/mol. The van der Waals surface area contributed by atoms with Crippen LogP contribution in [0.2, 0.25) is 0 Å². The highest BCUT2D eigenvalue weighted by atomic mass is 16.5. The third-order valence-electron chi connectivity index (χ3n) is 4.31. The highest BCUT2D eigenvalue weighted by Gasteiger charge is 2.42. The molecule has 20 heavy (non-hydrogen) atoms. The topological polar surface area (TPSA) is 47.0 Å². The summed E-state index contributed by atoms with van der Waals surface area (Å²) in [6.45, 7) is 8.20. The van der Waals surface area contributed by atoms with Crippen molar-refractivity contribution in [2.45, 2.75) is 58.6 Å². The Hall–Kier alpha value is -1.00. The Balaban J connectivity index is 2.26. The summed E-state index contributed by atoms with van der Waals surface area (Å²) in [4.78, 5) is 9.25. The van der Waals surface area contributed by atoms with Crippen LogP contribution >= 0.6 is 0 Å². The van der Waals surface area contributed by atoms with Crippen molar-refractivity contribution >= 4 is 0 Å². The molecule has 2 rings (SSSR count). The lowest BCUT2D eigenvalue weighted by Crippen LogP contribution is -2.39. The maximum atomic E-state index is 6.14. The number of ether oxygens (including phenoxy) is 1. The lowest BCUT2D eigenvalue weighted by Gasteiger charge is -2.42. The Morgan fingerprint density at radius 2 is 1.95 bits per heavy atom. The van der Waals surface area contributed by atoms with E-state index >= 15 is 0 Å². The first kappa shape index (κ1) is 15.4. The quantitative estimate of drug-likeness (QED) is 0.898. The SMILES string of the molecule is CCOC1(c2nccc(CNC)n2)CCC(C)(C)CC1. The maximum absolute atomic E-state index is 6.14. The molecule has 0 atom stereocenters. The minimum absolute atomic E-state index is 0.284. The lowest BCUT2D eigenvalue weighted by molar-refractivity contribution is -0.0949. The summed E-state index contributed by atoms with van der Waals surface area (Å²) in [5.41, 5.74) is 1.15. The summed E-state index contributed by atoms with van der Waals surface area (Å²) in [6, 6.07) is 1.96. The standard InChI is InChI=1S/C16H27N3O/c1-5-20-16(9-7-15(2,3)8-10-16)14-18-11-6-13(19-14)12-17-4/h6,11,17H,5,7-10,12H2,1-4H3. The van der Waals surface area contributed by atoms with Gasteiger partial charge in [-0.05, 0) is 51.1 Å². The Kier molecular flexibility index (Phi) is 4.76. The van der Waals surface area contributed by atoms with Gasteiger partial charge < -0.3 is 10.1 Å². The van der Waals surface area contributed by atoms with Crippen LogP contribution in [-0.4, -0.2) is 23.6 Å². The first-order chi connectivity index (χ1) is 9.51. The number of aromatic nitrogens is 2. The summed E-state index contributed by atoms with van der Waals surface area (Å²) >= 11 is 0. The van der Waals surface area contributed by atoms with Gasteiger partial charge in [-0.3, -0.25) is 0 Å². The number of nitrogens with zero attached hydrogens (tertiary/aromatic N) is 2. The van der Waals surface area contributed by atoms with Gasteiger partial charge in [0.15, 0.2) is 5.82 Å². The Bertz CT molecular complexity index is 435. The summed E-state index contributed by atoms with van der Waals surface area (Å²) in [5, 5.41) is 3.14. The Morgan fingerprint density at radius 1 is 1.25 bits per heavy atom. The van der Waals surface area contributed by atoms with E-state index in [9.17, 15) is 0 Å². The number of hydrogen-bond donors (Lipinski definition) is 1. The molecule has 4 heteroatoms. The van der Waals surface area contributed by atoms with Crippen molar-refractivity contribution in [1.82, 2.24) is 15.3 Å². The first-order valence-electron chi connectivity index (χ1n) is 7.62. The van der Waals surface area contributed by atoms with Crippen LogP contribution in [0.1, 0.15) is 58.0 Å². The molecule has 0 unspecified atom stereocenters. The minimum atomic E-state index is -0.284. The lowest BCUT2D eigenvalue weighted by atomic mass is 9.70. The van der Waals surface area contributed by atoms with Gasteiger partial charge in [-0.25, -0.2) is 9.97 Å². The molecule has 1 fully saturated rings. The van der Waals surface area contributed by atoms with Gasteiger partial charge in [-0.1, -0.05) is 13.8 Å². The number of nitrogens with one attached hydrogen (secondary N) is 1. The smallest absolute Gasteiger partial charge is 0.160 e. The van der Waals surface area contributed by atoms with Crippen LogP contribution in [0, 0.1) is 5.41 Å². The zero-order chi connectivity index (χ0) is 14.6. The van der Waals surface area contributed by atoms with Crippen LogP contribution in [0.4, 0.5) is 0 Å². The molecule has 0 radical (unpaired) electrons. The van der Waals surface area contributed by atoms with Crippen molar-refractivity contribution in [3.8, 4) is 0 Å². The van der Waals surface area contributed by atoms with Gasteiger partial charge in [0.1, 0.15) is 5.60 Å². The monoisotopic (exact) mass is 277 g/mol. The van der Waals surface area contributed by atoms with Crippen molar-refractivity contribution in [3.05, 3.63) is 23.8 Å². The van der Waals surface area contributed by atoms with E-state index in [-0.39, 0.29) is 5.60 Å². The van der Waals surface area contributed by atoms with Gasteiger partial charge >= 0.3 is 0 Å². The molecular formula is C16H27N3O. The molecule has 1 aliphatic carbocycles. The van der Waals surface area contributed by atoms with Gasteiger partial charge in [-0.15, -0.1) is 0 Å². The number of rotatable bonds is 5. The van der Waals surface area contributed by atoms with Gasteiger partial charge in [-0.2, -0.15) is 0 Å². The molecule has 1 aliphatic rings. The van der Waals surface area contributed by atoms with Crippen molar-refractivity contribution < 1.29 is 4.74 Å². The summed E-state index contributed by atoms with van der Waals surface area (Å²) in [6.07, 6.45) is 6.20. The molecule has 1 saturated carbocycles. The van der Waals surface area contributed by atoms with Crippen LogP contribution in [0.5, 0.6) is 0 Å². The third-order valence-corrected chi connectivity index (χ3v) is 4.31. The fraction of sp³-hybridized carbons (Fsp3) is 0.750. The van der Waals surface area contributed by atoms with E-state index in [1.54, 1.807) is 0 Å². The zero-order valence-corrected chi connectivity index (χ0v) is 13.2. The Morgan fingerprint density at radius 3 is 2.55 bits per heavy atom. The fourth-order valence-corrected chi connectivity index (χ4v) is 2.93. The summed E-state index contributed by atoms with van der Waals surface area (Å²) in [7, 11) is 1.93. The second-order valence-corrected chi connectivity index (χ2v) is 6.49. The highest BCUT2D eigenvalue weighted by Crippen LogP contribution is 2.46. The van der Waals surface area contributed by atoms with Gasteiger partial charge in [0, 0.05) is 19.3 Å². The van der Waals surface area contributed by atoms with Gasteiger partial charge in [0.05, 0.1) is 5.69 Å². The average Bonchev–Trinajstić information content (AvgIpc) is 2.42. The minimum Gasteiger partial charge on any atom is -0.367 e. The van der Waals surface area contributed by atoms with Crippen molar-refractivity contribution in [1.29, 1.82) is 0 Å². The molecule has 0 bridgehead atoms. The van der Waals surface area contributed by atoms with Crippen LogP contribution in [0.3, 0.4) is 0 Å². The molecule has 1 N–H and O–H groups in total. The van der Waals surface area contributed by atoms with Crippen LogP contribution in [0.25, 0.3) is 0 Å². The maximum Gasteiger partial charge on any atom is 0.160 e. The molecule has 0 amide bonds. The largest absolute Gasteiger partial charge is 0.367 e. The first-order valence-corrected chi connectivity index (χ1v) is 7.62. The fourth-order valence-electron chi connectivity index (χ4n) is 2.93. The van der Waals surface area contributed by atoms with E-state index in [1.807, 2.05) is 19.3 Å². The normalized spacial score (nSPS) is 20.8. The molecule has 0 saturated heterocycles. The zero-order valence-electron chi connectivity index (χ0n) is 13.2. The van der Waals surface area contributed by atoms with Crippen molar-refractivity contribution in [3.63, 3.8) is 0 Å². The predicted molar refractivity (Wildman–Crippen MR) is 80.3 cm³/mol. The van der Waals surface area contributed by atoms with E-state index in [0.29, 0.717) is 12.0 Å². The molecule has 0 aliphatic heterocycles. The van der Waals surface area contributed by atoms with Crippen LogP contribution in [-0.2, 0) is 16.9 Å². The molecule has 1 aromatic rings. The van der Waals surface area contributed by atoms with E-state index in [1.165, 1.54) is 0 Å². The van der Waals surface area contributed by atoms with E-state index in [2.05, 4.69) is 31.1 Å². The average molecular weight is 277 g/mol. The molecule has 1 aromatic heterocycles. The van der Waals surface area contributed by atoms with Crippen molar-refractivity contribution in [2.24, 2.45) is 5.41 Å². The van der Waals surface area contributed by atoms with E-state index < -0.39 is 0 Å². The van der Waals surface area contributed by atoms with E-state index in [4.69, 9.17) is 9.72 Å². The van der Waals surface area contributed by atoms with Crippen LogP contribution < -0.4 is 5.32 Å². The van der Waals surface area contributed by atoms with Gasteiger partial charge in [0.25, 0.3) is 0 Å². The van der Waals surface area contributed by atoms with E-state index in [0.717, 1.165) is 43.7 Å². The highest BCUT2D eigenvalue weighted by molar-refractivity contribution is 5.10. The second-order valence-electron chi connectivity index (χ2n) is 6.49.